The van der Waals surface area contributed by atoms with Gasteiger partial charge in [-0.15, -0.1) is 0 Å². The van der Waals surface area contributed by atoms with Gasteiger partial charge in [0.15, 0.2) is 5.82 Å². The van der Waals surface area contributed by atoms with Crippen LogP contribution in [0.1, 0.15) is 37.9 Å². The SMILES string of the molecule is CCc1c(NN)ncnc1-n1ccc(C(C)C)n1. The lowest BCUT2D eigenvalue weighted by Gasteiger charge is -2.10. The Labute approximate surface area is 106 Å². The van der Waals surface area contributed by atoms with Crippen molar-refractivity contribution < 1.29 is 0 Å². The first-order valence-corrected chi connectivity index (χ1v) is 6.03. The van der Waals surface area contributed by atoms with Crippen molar-refractivity contribution in [1.29, 1.82) is 0 Å². The highest BCUT2D eigenvalue weighted by Crippen LogP contribution is 2.19. The van der Waals surface area contributed by atoms with Crippen molar-refractivity contribution in [3.8, 4) is 5.82 Å². The number of anilines is 1. The van der Waals surface area contributed by atoms with Crippen LogP contribution < -0.4 is 11.3 Å². The third-order valence-corrected chi connectivity index (χ3v) is 2.83. The van der Waals surface area contributed by atoms with Crippen LogP contribution in [0.4, 0.5) is 5.82 Å². The number of rotatable bonds is 4. The average Bonchev–Trinajstić information content (AvgIpc) is 2.87. The van der Waals surface area contributed by atoms with Crippen molar-refractivity contribution in [2.24, 2.45) is 5.84 Å². The van der Waals surface area contributed by atoms with Gasteiger partial charge in [-0.2, -0.15) is 5.10 Å². The molecule has 3 N–H and O–H groups in total. The first-order chi connectivity index (χ1) is 8.67. The van der Waals surface area contributed by atoms with Crippen LogP contribution in [0.3, 0.4) is 0 Å². The van der Waals surface area contributed by atoms with Gasteiger partial charge < -0.3 is 5.43 Å². The Kier molecular flexibility index (Phi) is 3.57. The smallest absolute Gasteiger partial charge is 0.162 e. The molecule has 6 heteroatoms. The molecular weight excluding hydrogens is 228 g/mol. The van der Waals surface area contributed by atoms with Gasteiger partial charge in [-0.05, 0) is 18.4 Å². The number of hydrogen-bond donors (Lipinski definition) is 2. The predicted octanol–water partition coefficient (Wildman–Crippen LogP) is 1.63. The predicted molar refractivity (Wildman–Crippen MR) is 70.4 cm³/mol. The molecule has 0 radical (unpaired) electrons. The van der Waals surface area contributed by atoms with Gasteiger partial charge in [0.05, 0.1) is 5.69 Å². The van der Waals surface area contributed by atoms with Crippen molar-refractivity contribution in [2.75, 3.05) is 5.43 Å². The fourth-order valence-corrected chi connectivity index (χ4v) is 1.81. The zero-order valence-corrected chi connectivity index (χ0v) is 10.9. The van der Waals surface area contributed by atoms with E-state index < -0.39 is 0 Å². The van der Waals surface area contributed by atoms with E-state index >= 15 is 0 Å². The van der Waals surface area contributed by atoms with Crippen LogP contribution in [0.5, 0.6) is 0 Å². The minimum absolute atomic E-state index is 0.394. The molecule has 0 aliphatic rings. The average molecular weight is 246 g/mol. The maximum Gasteiger partial charge on any atom is 0.162 e. The lowest BCUT2D eigenvalue weighted by molar-refractivity contribution is 0.749. The van der Waals surface area contributed by atoms with Gasteiger partial charge in [-0.1, -0.05) is 20.8 Å². The summed E-state index contributed by atoms with van der Waals surface area (Å²) in [4.78, 5) is 8.40. The summed E-state index contributed by atoms with van der Waals surface area (Å²) in [7, 11) is 0. The van der Waals surface area contributed by atoms with Crippen LogP contribution in [-0.2, 0) is 6.42 Å². The van der Waals surface area contributed by atoms with E-state index in [1.165, 1.54) is 6.33 Å². The van der Waals surface area contributed by atoms with Crippen molar-refractivity contribution in [3.63, 3.8) is 0 Å². The standard InChI is InChI=1S/C12H18N6/c1-4-9-11(16-13)14-7-15-12(9)18-6-5-10(17-18)8(2)3/h5-8H,4,13H2,1-3H3,(H,14,15,16). The molecule has 0 aliphatic heterocycles. The summed E-state index contributed by atoms with van der Waals surface area (Å²) < 4.78 is 1.77. The molecule has 0 saturated heterocycles. The van der Waals surface area contributed by atoms with Crippen LogP contribution in [0.25, 0.3) is 5.82 Å². The molecule has 2 aromatic rings. The topological polar surface area (TPSA) is 81.6 Å². The molecule has 0 aliphatic carbocycles. The lowest BCUT2D eigenvalue weighted by atomic mass is 10.1. The quantitative estimate of drug-likeness (QED) is 0.633. The number of hydrogen-bond acceptors (Lipinski definition) is 5. The fraction of sp³-hybridized carbons (Fsp3) is 0.417. The number of hydrazine groups is 1. The minimum atomic E-state index is 0.394. The van der Waals surface area contributed by atoms with E-state index in [9.17, 15) is 0 Å². The monoisotopic (exact) mass is 246 g/mol. The second-order valence-electron chi connectivity index (χ2n) is 4.36. The molecule has 0 aromatic carbocycles. The van der Waals surface area contributed by atoms with Gasteiger partial charge >= 0.3 is 0 Å². The first kappa shape index (κ1) is 12.5. The number of nitrogens with zero attached hydrogens (tertiary/aromatic N) is 4. The molecule has 6 nitrogen and oxygen atoms in total. The van der Waals surface area contributed by atoms with Crippen LogP contribution in [0, 0.1) is 0 Å². The highest BCUT2D eigenvalue weighted by Gasteiger charge is 2.12. The summed E-state index contributed by atoms with van der Waals surface area (Å²) in [5.41, 5.74) is 4.59. The van der Waals surface area contributed by atoms with E-state index in [2.05, 4.69) is 34.3 Å². The summed E-state index contributed by atoms with van der Waals surface area (Å²) >= 11 is 0. The summed E-state index contributed by atoms with van der Waals surface area (Å²) in [6.45, 7) is 6.26. The van der Waals surface area contributed by atoms with E-state index in [1.54, 1.807) is 4.68 Å². The number of nitrogens with one attached hydrogen (secondary N) is 1. The molecule has 18 heavy (non-hydrogen) atoms. The van der Waals surface area contributed by atoms with Gasteiger partial charge in [0.25, 0.3) is 0 Å². The number of nitrogens with two attached hydrogens (primary N) is 1. The molecule has 0 atom stereocenters. The van der Waals surface area contributed by atoms with E-state index in [1.807, 2.05) is 19.2 Å². The Morgan fingerprint density at radius 1 is 1.39 bits per heavy atom. The third kappa shape index (κ3) is 2.19. The van der Waals surface area contributed by atoms with Gasteiger partial charge in [0, 0.05) is 11.8 Å². The Bertz CT molecular complexity index is 531. The third-order valence-electron chi connectivity index (χ3n) is 2.83. The van der Waals surface area contributed by atoms with Crippen LogP contribution >= 0.6 is 0 Å². The second-order valence-corrected chi connectivity index (χ2v) is 4.36. The van der Waals surface area contributed by atoms with Crippen LogP contribution in [0.15, 0.2) is 18.6 Å². The first-order valence-electron chi connectivity index (χ1n) is 6.03. The van der Waals surface area contributed by atoms with Crippen molar-refractivity contribution in [3.05, 3.63) is 29.8 Å². The second kappa shape index (κ2) is 5.14. The molecule has 2 rings (SSSR count). The fourth-order valence-electron chi connectivity index (χ4n) is 1.81. The summed E-state index contributed by atoms with van der Waals surface area (Å²) in [5.74, 6) is 7.26. The maximum absolute atomic E-state index is 5.46. The van der Waals surface area contributed by atoms with Gasteiger partial charge in [0.1, 0.15) is 12.1 Å². The van der Waals surface area contributed by atoms with Crippen LogP contribution in [0.2, 0.25) is 0 Å². The summed E-state index contributed by atoms with van der Waals surface area (Å²) in [5, 5.41) is 4.52. The van der Waals surface area contributed by atoms with E-state index in [0.717, 1.165) is 23.5 Å². The van der Waals surface area contributed by atoms with Crippen LogP contribution in [-0.4, -0.2) is 19.7 Å². The number of nitrogen functional groups attached to an aromatic ring is 1. The summed E-state index contributed by atoms with van der Waals surface area (Å²) in [6.07, 6.45) is 4.18. The zero-order valence-electron chi connectivity index (χ0n) is 10.9. The van der Waals surface area contributed by atoms with Crippen molar-refractivity contribution >= 4 is 5.82 Å². The molecule has 96 valence electrons. The molecule has 0 spiro atoms. The van der Waals surface area contributed by atoms with E-state index in [4.69, 9.17) is 5.84 Å². The molecule has 2 aromatic heterocycles. The normalized spacial score (nSPS) is 10.9. The lowest BCUT2D eigenvalue weighted by Crippen LogP contribution is -2.14. The maximum atomic E-state index is 5.46. The van der Waals surface area contributed by atoms with E-state index in [0.29, 0.717) is 11.7 Å². The Morgan fingerprint density at radius 2 is 2.17 bits per heavy atom. The van der Waals surface area contributed by atoms with Gasteiger partial charge in [-0.3, -0.25) is 0 Å². The minimum Gasteiger partial charge on any atom is -0.308 e. The van der Waals surface area contributed by atoms with Gasteiger partial charge in [0.2, 0.25) is 0 Å². The van der Waals surface area contributed by atoms with Crippen molar-refractivity contribution in [1.82, 2.24) is 19.7 Å². The van der Waals surface area contributed by atoms with Gasteiger partial charge in [-0.25, -0.2) is 20.5 Å². The largest absolute Gasteiger partial charge is 0.308 e. The summed E-state index contributed by atoms with van der Waals surface area (Å²) in [6, 6.07) is 2.00. The molecule has 0 amide bonds. The molecule has 0 bridgehead atoms. The van der Waals surface area contributed by atoms with Crippen molar-refractivity contribution in [2.45, 2.75) is 33.1 Å². The highest BCUT2D eigenvalue weighted by atomic mass is 15.3. The highest BCUT2D eigenvalue weighted by molar-refractivity contribution is 5.50. The molecule has 0 saturated carbocycles. The van der Waals surface area contributed by atoms with E-state index in [-0.39, 0.29) is 0 Å². The Hall–Kier alpha value is -1.95. The molecule has 0 fully saturated rings. The number of aromatic nitrogens is 4. The Morgan fingerprint density at radius 3 is 2.72 bits per heavy atom. The molecular formula is C12H18N6. The zero-order chi connectivity index (χ0) is 13.1. The molecule has 2 heterocycles. The Balaban J connectivity index is 2.49. The molecule has 0 unspecified atom stereocenters.